The first kappa shape index (κ1) is 14.6. The van der Waals surface area contributed by atoms with Gasteiger partial charge in [0.25, 0.3) is 0 Å². The quantitative estimate of drug-likeness (QED) is 0.909. The van der Waals surface area contributed by atoms with Gasteiger partial charge < -0.3 is 10.5 Å². The van der Waals surface area contributed by atoms with E-state index in [4.69, 9.17) is 10.5 Å². The highest BCUT2D eigenvalue weighted by Gasteiger charge is 2.11. The van der Waals surface area contributed by atoms with Crippen LogP contribution in [0, 0.1) is 0 Å². The van der Waals surface area contributed by atoms with Crippen molar-refractivity contribution in [2.45, 2.75) is 33.4 Å². The standard InChI is InChI=1S/C16H23N3O/c1-5-19(11(2)3)10-13-8-12-6-7-14(20-4)9-15(12)18-16(13)17/h6-9,11H,5,10H2,1-4H3,(H2,17,18). The molecule has 0 atom stereocenters. The van der Waals surface area contributed by atoms with E-state index in [1.165, 1.54) is 0 Å². The fourth-order valence-electron chi connectivity index (χ4n) is 2.34. The third-order valence-electron chi connectivity index (χ3n) is 3.65. The Kier molecular flexibility index (Phi) is 4.45. The lowest BCUT2D eigenvalue weighted by atomic mass is 10.1. The van der Waals surface area contributed by atoms with E-state index in [1.807, 2.05) is 18.2 Å². The molecule has 2 aromatic rings. The molecule has 0 saturated carbocycles. The summed E-state index contributed by atoms with van der Waals surface area (Å²) in [6.07, 6.45) is 0. The number of fused-ring (bicyclic) bond motifs is 1. The summed E-state index contributed by atoms with van der Waals surface area (Å²) in [5, 5.41) is 1.09. The highest BCUT2D eigenvalue weighted by Crippen LogP contribution is 2.24. The molecule has 20 heavy (non-hydrogen) atoms. The van der Waals surface area contributed by atoms with Crippen molar-refractivity contribution < 1.29 is 4.74 Å². The minimum atomic E-state index is 0.492. The Bertz CT molecular complexity index is 596. The van der Waals surface area contributed by atoms with Crippen molar-refractivity contribution in [2.24, 2.45) is 0 Å². The zero-order valence-electron chi connectivity index (χ0n) is 12.7. The summed E-state index contributed by atoms with van der Waals surface area (Å²) in [5.74, 6) is 1.40. The van der Waals surface area contributed by atoms with E-state index in [-0.39, 0.29) is 0 Å². The van der Waals surface area contributed by atoms with Crippen LogP contribution < -0.4 is 10.5 Å². The Morgan fingerprint density at radius 3 is 2.65 bits per heavy atom. The van der Waals surface area contributed by atoms with E-state index >= 15 is 0 Å². The first-order chi connectivity index (χ1) is 9.55. The second-order valence-corrected chi connectivity index (χ2v) is 5.25. The molecule has 0 unspecified atom stereocenters. The van der Waals surface area contributed by atoms with Gasteiger partial charge in [0.1, 0.15) is 11.6 Å². The summed E-state index contributed by atoms with van der Waals surface area (Å²) < 4.78 is 5.22. The van der Waals surface area contributed by atoms with Gasteiger partial charge in [0.15, 0.2) is 0 Å². The molecule has 2 rings (SSSR count). The van der Waals surface area contributed by atoms with Gasteiger partial charge in [-0.25, -0.2) is 4.98 Å². The normalized spacial score (nSPS) is 11.5. The Balaban J connectivity index is 2.37. The maximum Gasteiger partial charge on any atom is 0.128 e. The van der Waals surface area contributed by atoms with Gasteiger partial charge >= 0.3 is 0 Å². The number of anilines is 1. The lowest BCUT2D eigenvalue weighted by Crippen LogP contribution is -2.30. The van der Waals surface area contributed by atoms with Gasteiger partial charge in [-0.3, -0.25) is 4.90 Å². The summed E-state index contributed by atoms with van der Waals surface area (Å²) in [6, 6.07) is 8.50. The number of benzene rings is 1. The predicted molar refractivity (Wildman–Crippen MR) is 83.9 cm³/mol. The van der Waals surface area contributed by atoms with E-state index in [0.717, 1.165) is 35.3 Å². The topological polar surface area (TPSA) is 51.4 Å². The van der Waals surface area contributed by atoms with Crippen LogP contribution in [0.4, 0.5) is 5.82 Å². The second-order valence-electron chi connectivity index (χ2n) is 5.25. The fraction of sp³-hybridized carbons (Fsp3) is 0.438. The molecule has 4 heteroatoms. The Labute approximate surface area is 120 Å². The van der Waals surface area contributed by atoms with Crippen LogP contribution in [0.25, 0.3) is 10.9 Å². The maximum absolute atomic E-state index is 6.10. The SMILES string of the molecule is CCN(Cc1cc2ccc(OC)cc2nc1N)C(C)C. The van der Waals surface area contributed by atoms with Gasteiger partial charge in [0, 0.05) is 29.6 Å². The average Bonchev–Trinajstić information content (AvgIpc) is 2.43. The molecule has 2 N–H and O–H groups in total. The molecule has 1 aromatic heterocycles. The van der Waals surface area contributed by atoms with Crippen molar-refractivity contribution in [2.75, 3.05) is 19.4 Å². The summed E-state index contributed by atoms with van der Waals surface area (Å²) in [5.41, 5.74) is 8.06. The summed E-state index contributed by atoms with van der Waals surface area (Å²) >= 11 is 0. The molecular formula is C16H23N3O. The summed E-state index contributed by atoms with van der Waals surface area (Å²) in [7, 11) is 1.65. The zero-order chi connectivity index (χ0) is 14.7. The highest BCUT2D eigenvalue weighted by atomic mass is 16.5. The van der Waals surface area contributed by atoms with E-state index in [2.05, 4.69) is 36.7 Å². The number of aromatic nitrogens is 1. The summed E-state index contributed by atoms with van der Waals surface area (Å²) in [4.78, 5) is 6.87. The van der Waals surface area contributed by atoms with Crippen molar-refractivity contribution in [1.29, 1.82) is 0 Å². The number of nitrogens with two attached hydrogens (primary N) is 1. The minimum Gasteiger partial charge on any atom is -0.497 e. The minimum absolute atomic E-state index is 0.492. The van der Waals surface area contributed by atoms with Crippen LogP contribution in [-0.4, -0.2) is 29.6 Å². The Morgan fingerprint density at radius 2 is 2.05 bits per heavy atom. The van der Waals surface area contributed by atoms with Gasteiger partial charge in [-0.15, -0.1) is 0 Å². The highest BCUT2D eigenvalue weighted by molar-refractivity contribution is 5.82. The van der Waals surface area contributed by atoms with Crippen LogP contribution >= 0.6 is 0 Å². The average molecular weight is 273 g/mol. The van der Waals surface area contributed by atoms with Crippen molar-refractivity contribution in [3.63, 3.8) is 0 Å². The third kappa shape index (κ3) is 3.02. The molecular weight excluding hydrogens is 250 g/mol. The molecule has 0 spiro atoms. The largest absolute Gasteiger partial charge is 0.497 e. The molecule has 4 nitrogen and oxygen atoms in total. The molecule has 0 aliphatic rings. The number of hydrogen-bond acceptors (Lipinski definition) is 4. The third-order valence-corrected chi connectivity index (χ3v) is 3.65. The van der Waals surface area contributed by atoms with E-state index < -0.39 is 0 Å². The van der Waals surface area contributed by atoms with E-state index in [0.29, 0.717) is 11.9 Å². The summed E-state index contributed by atoms with van der Waals surface area (Å²) in [6.45, 7) is 8.38. The van der Waals surface area contributed by atoms with Crippen molar-refractivity contribution >= 4 is 16.7 Å². The number of nitrogen functional groups attached to an aromatic ring is 1. The van der Waals surface area contributed by atoms with Gasteiger partial charge in [0.2, 0.25) is 0 Å². The molecule has 0 saturated heterocycles. The van der Waals surface area contributed by atoms with Crippen LogP contribution in [0.3, 0.4) is 0 Å². The van der Waals surface area contributed by atoms with Crippen LogP contribution in [0.5, 0.6) is 5.75 Å². The van der Waals surface area contributed by atoms with Gasteiger partial charge in [-0.05, 0) is 38.6 Å². The molecule has 0 fully saturated rings. The number of nitrogens with zero attached hydrogens (tertiary/aromatic N) is 2. The van der Waals surface area contributed by atoms with Crippen LogP contribution in [0.1, 0.15) is 26.3 Å². The second kappa shape index (κ2) is 6.09. The van der Waals surface area contributed by atoms with Crippen molar-refractivity contribution in [1.82, 2.24) is 9.88 Å². The molecule has 108 valence electrons. The number of hydrogen-bond donors (Lipinski definition) is 1. The number of ether oxygens (including phenoxy) is 1. The molecule has 1 heterocycles. The number of pyridine rings is 1. The van der Waals surface area contributed by atoms with E-state index in [9.17, 15) is 0 Å². The van der Waals surface area contributed by atoms with Crippen LogP contribution in [-0.2, 0) is 6.54 Å². The van der Waals surface area contributed by atoms with Crippen molar-refractivity contribution in [3.8, 4) is 5.75 Å². The van der Waals surface area contributed by atoms with Crippen molar-refractivity contribution in [3.05, 3.63) is 29.8 Å². The zero-order valence-corrected chi connectivity index (χ0v) is 12.7. The molecule has 0 amide bonds. The van der Waals surface area contributed by atoms with Gasteiger partial charge in [0.05, 0.1) is 12.6 Å². The molecule has 0 bridgehead atoms. The van der Waals surface area contributed by atoms with Crippen LogP contribution in [0.2, 0.25) is 0 Å². The number of rotatable bonds is 5. The Hall–Kier alpha value is -1.81. The molecule has 0 aliphatic carbocycles. The smallest absolute Gasteiger partial charge is 0.128 e. The monoisotopic (exact) mass is 273 g/mol. The fourth-order valence-corrected chi connectivity index (χ4v) is 2.34. The lowest BCUT2D eigenvalue weighted by molar-refractivity contribution is 0.225. The first-order valence-electron chi connectivity index (χ1n) is 7.02. The van der Waals surface area contributed by atoms with Gasteiger partial charge in [-0.1, -0.05) is 6.92 Å². The maximum atomic E-state index is 6.10. The molecule has 0 radical (unpaired) electrons. The number of methoxy groups -OCH3 is 1. The predicted octanol–water partition coefficient (Wildman–Crippen LogP) is 3.06. The lowest BCUT2D eigenvalue weighted by Gasteiger charge is -2.25. The van der Waals surface area contributed by atoms with E-state index in [1.54, 1.807) is 7.11 Å². The first-order valence-corrected chi connectivity index (χ1v) is 7.02. The molecule has 0 aliphatic heterocycles. The Morgan fingerprint density at radius 1 is 1.30 bits per heavy atom. The van der Waals surface area contributed by atoms with Crippen LogP contribution in [0.15, 0.2) is 24.3 Å². The van der Waals surface area contributed by atoms with Gasteiger partial charge in [-0.2, -0.15) is 0 Å². The molecule has 1 aromatic carbocycles.